The molecule has 0 unspecified atom stereocenters. The van der Waals surface area contributed by atoms with Gasteiger partial charge in [0.25, 0.3) is 0 Å². The molecule has 3 heteroatoms. The van der Waals surface area contributed by atoms with Crippen molar-refractivity contribution in [3.63, 3.8) is 0 Å². The van der Waals surface area contributed by atoms with E-state index in [1.807, 2.05) is 0 Å². The molecule has 14 heavy (non-hydrogen) atoms. The molecule has 0 bridgehead atoms. The minimum Gasteiger partial charge on any atom is -0.383 e. The van der Waals surface area contributed by atoms with Crippen molar-refractivity contribution in [3.05, 3.63) is 23.4 Å². The lowest BCUT2D eigenvalue weighted by Crippen LogP contribution is -2.09. The third-order valence-corrected chi connectivity index (χ3v) is 2.54. The number of ether oxygens (including phenoxy) is 1. The van der Waals surface area contributed by atoms with Crippen LogP contribution in [0.15, 0.2) is 12.1 Å². The van der Waals surface area contributed by atoms with Gasteiger partial charge in [0.15, 0.2) is 0 Å². The van der Waals surface area contributed by atoms with Crippen molar-refractivity contribution in [2.45, 2.75) is 19.3 Å². The van der Waals surface area contributed by atoms with Crippen LogP contribution in [-0.4, -0.2) is 25.2 Å². The first-order valence-corrected chi connectivity index (χ1v) is 5.12. The zero-order chi connectivity index (χ0) is 9.80. The Morgan fingerprint density at radius 1 is 1.43 bits per heavy atom. The van der Waals surface area contributed by atoms with E-state index in [1.54, 1.807) is 7.11 Å². The van der Waals surface area contributed by atoms with Crippen LogP contribution in [0.25, 0.3) is 0 Å². The number of nitrogens with zero attached hydrogens (tertiary/aromatic N) is 1. The predicted molar refractivity (Wildman–Crippen MR) is 56.6 cm³/mol. The van der Waals surface area contributed by atoms with Gasteiger partial charge in [0, 0.05) is 19.3 Å². The quantitative estimate of drug-likeness (QED) is 0.736. The number of anilines is 1. The van der Waals surface area contributed by atoms with Gasteiger partial charge in [-0.05, 0) is 30.9 Å². The molecule has 0 radical (unpaired) electrons. The highest BCUT2D eigenvalue weighted by molar-refractivity contribution is 5.40. The first kappa shape index (κ1) is 9.46. The van der Waals surface area contributed by atoms with Crippen LogP contribution in [0.5, 0.6) is 0 Å². The number of pyridine rings is 1. The lowest BCUT2D eigenvalue weighted by Gasteiger charge is -2.06. The minimum absolute atomic E-state index is 0.721. The fourth-order valence-corrected chi connectivity index (χ4v) is 1.80. The standard InChI is InChI=1S/C11H16N2O/c1-14-8-7-12-11-6-5-9-3-2-4-10(9)13-11/h5-6H,2-4,7-8H2,1H3,(H,12,13). The first-order chi connectivity index (χ1) is 6.90. The third-order valence-electron chi connectivity index (χ3n) is 2.54. The van der Waals surface area contributed by atoms with E-state index in [2.05, 4.69) is 22.4 Å². The molecule has 1 aromatic heterocycles. The zero-order valence-corrected chi connectivity index (χ0v) is 8.55. The molecule has 2 rings (SSSR count). The summed E-state index contributed by atoms with van der Waals surface area (Å²) in [6.45, 7) is 1.54. The number of aromatic nitrogens is 1. The normalized spacial score (nSPS) is 14.1. The predicted octanol–water partition coefficient (Wildman–Crippen LogP) is 1.63. The Balaban J connectivity index is 1.98. The van der Waals surface area contributed by atoms with Gasteiger partial charge in [0.1, 0.15) is 5.82 Å². The number of nitrogens with one attached hydrogen (secondary N) is 1. The highest BCUT2D eigenvalue weighted by atomic mass is 16.5. The van der Waals surface area contributed by atoms with Crippen LogP contribution in [0.3, 0.4) is 0 Å². The van der Waals surface area contributed by atoms with Crippen molar-refractivity contribution in [1.82, 2.24) is 4.98 Å². The zero-order valence-electron chi connectivity index (χ0n) is 8.55. The summed E-state index contributed by atoms with van der Waals surface area (Å²) in [6, 6.07) is 4.24. The molecular formula is C11H16N2O. The van der Waals surface area contributed by atoms with Crippen LogP contribution in [0.1, 0.15) is 17.7 Å². The summed E-state index contributed by atoms with van der Waals surface area (Å²) in [5, 5.41) is 3.24. The number of hydrogen-bond acceptors (Lipinski definition) is 3. The summed E-state index contributed by atoms with van der Waals surface area (Å²) < 4.78 is 4.97. The van der Waals surface area contributed by atoms with Crippen molar-refractivity contribution in [1.29, 1.82) is 0 Å². The van der Waals surface area contributed by atoms with Crippen molar-refractivity contribution in [3.8, 4) is 0 Å². The maximum Gasteiger partial charge on any atom is 0.126 e. The summed E-state index contributed by atoms with van der Waals surface area (Å²) in [6.07, 6.45) is 3.58. The van der Waals surface area contributed by atoms with Gasteiger partial charge in [0.05, 0.1) is 6.61 Å². The van der Waals surface area contributed by atoms with E-state index < -0.39 is 0 Å². The number of fused-ring (bicyclic) bond motifs is 1. The molecular weight excluding hydrogens is 176 g/mol. The molecule has 0 atom stereocenters. The van der Waals surface area contributed by atoms with Crippen LogP contribution in [-0.2, 0) is 17.6 Å². The Hall–Kier alpha value is -1.09. The second kappa shape index (κ2) is 4.42. The molecule has 1 N–H and O–H groups in total. The summed E-state index contributed by atoms with van der Waals surface area (Å²) in [5.74, 6) is 0.975. The van der Waals surface area contributed by atoms with E-state index in [0.717, 1.165) is 25.4 Å². The molecule has 0 fully saturated rings. The average Bonchev–Trinajstić information content (AvgIpc) is 2.65. The van der Waals surface area contributed by atoms with Gasteiger partial charge >= 0.3 is 0 Å². The fourth-order valence-electron chi connectivity index (χ4n) is 1.80. The number of aryl methyl sites for hydroxylation is 2. The lowest BCUT2D eigenvalue weighted by atomic mass is 10.2. The topological polar surface area (TPSA) is 34.1 Å². The highest BCUT2D eigenvalue weighted by Gasteiger charge is 2.11. The Morgan fingerprint density at radius 2 is 2.36 bits per heavy atom. The molecule has 1 aromatic rings. The van der Waals surface area contributed by atoms with Gasteiger partial charge in [-0.25, -0.2) is 4.98 Å². The van der Waals surface area contributed by atoms with Crippen LogP contribution in [0, 0.1) is 0 Å². The van der Waals surface area contributed by atoms with Crippen LogP contribution in [0.2, 0.25) is 0 Å². The van der Waals surface area contributed by atoms with Gasteiger partial charge in [-0.15, -0.1) is 0 Å². The SMILES string of the molecule is COCCNc1ccc2c(n1)CCC2. The maximum atomic E-state index is 4.97. The van der Waals surface area contributed by atoms with E-state index in [-0.39, 0.29) is 0 Å². The smallest absolute Gasteiger partial charge is 0.126 e. The fraction of sp³-hybridized carbons (Fsp3) is 0.545. The van der Waals surface area contributed by atoms with Gasteiger partial charge in [0.2, 0.25) is 0 Å². The second-order valence-electron chi connectivity index (χ2n) is 3.58. The molecule has 0 aromatic carbocycles. The Morgan fingerprint density at radius 3 is 3.21 bits per heavy atom. The van der Waals surface area contributed by atoms with E-state index in [0.29, 0.717) is 0 Å². The minimum atomic E-state index is 0.721. The van der Waals surface area contributed by atoms with E-state index in [4.69, 9.17) is 4.74 Å². The first-order valence-electron chi connectivity index (χ1n) is 5.12. The third kappa shape index (κ3) is 2.04. The lowest BCUT2D eigenvalue weighted by molar-refractivity contribution is 0.210. The molecule has 0 saturated heterocycles. The number of hydrogen-bond donors (Lipinski definition) is 1. The number of rotatable bonds is 4. The number of methoxy groups -OCH3 is 1. The van der Waals surface area contributed by atoms with Gasteiger partial charge in [-0.2, -0.15) is 0 Å². The Bertz CT molecular complexity index is 312. The second-order valence-corrected chi connectivity index (χ2v) is 3.58. The van der Waals surface area contributed by atoms with Gasteiger partial charge < -0.3 is 10.1 Å². The Labute approximate surface area is 84.5 Å². The summed E-state index contributed by atoms with van der Waals surface area (Å²) in [4.78, 5) is 4.56. The molecule has 0 amide bonds. The maximum absolute atomic E-state index is 4.97. The van der Waals surface area contributed by atoms with Crippen molar-refractivity contribution in [2.75, 3.05) is 25.6 Å². The molecule has 0 spiro atoms. The molecule has 1 heterocycles. The van der Waals surface area contributed by atoms with Crippen LogP contribution >= 0.6 is 0 Å². The van der Waals surface area contributed by atoms with Gasteiger partial charge in [-0.1, -0.05) is 6.07 Å². The largest absolute Gasteiger partial charge is 0.383 e. The molecule has 3 nitrogen and oxygen atoms in total. The highest BCUT2D eigenvalue weighted by Crippen LogP contribution is 2.21. The van der Waals surface area contributed by atoms with Crippen molar-refractivity contribution >= 4 is 5.82 Å². The monoisotopic (exact) mass is 192 g/mol. The van der Waals surface area contributed by atoms with E-state index in [9.17, 15) is 0 Å². The molecule has 1 aliphatic rings. The summed E-state index contributed by atoms with van der Waals surface area (Å²) in [5.41, 5.74) is 2.69. The van der Waals surface area contributed by atoms with E-state index in [1.165, 1.54) is 24.1 Å². The summed E-state index contributed by atoms with van der Waals surface area (Å²) in [7, 11) is 1.71. The molecule has 0 saturated carbocycles. The Kier molecular flexibility index (Phi) is 2.99. The average molecular weight is 192 g/mol. The van der Waals surface area contributed by atoms with Crippen LogP contribution < -0.4 is 5.32 Å². The summed E-state index contributed by atoms with van der Waals surface area (Å²) >= 11 is 0. The van der Waals surface area contributed by atoms with Crippen LogP contribution in [0.4, 0.5) is 5.82 Å². The molecule has 0 aliphatic heterocycles. The van der Waals surface area contributed by atoms with Crippen molar-refractivity contribution in [2.24, 2.45) is 0 Å². The van der Waals surface area contributed by atoms with E-state index >= 15 is 0 Å². The van der Waals surface area contributed by atoms with Gasteiger partial charge in [-0.3, -0.25) is 0 Å². The molecule has 76 valence electrons. The molecule has 1 aliphatic carbocycles. The van der Waals surface area contributed by atoms with Crippen molar-refractivity contribution < 1.29 is 4.74 Å².